The van der Waals surface area contributed by atoms with Crippen molar-refractivity contribution >= 4 is 67.5 Å². The van der Waals surface area contributed by atoms with E-state index in [1.165, 1.54) is 12.1 Å². The Hall–Kier alpha value is -4.26. The summed E-state index contributed by atoms with van der Waals surface area (Å²) in [6.45, 7) is 0. The van der Waals surface area contributed by atoms with Gasteiger partial charge in [0.1, 0.15) is 11.4 Å². The minimum Gasteiger partial charge on any atom is -0.871 e. The summed E-state index contributed by atoms with van der Waals surface area (Å²) in [4.78, 5) is 0. The molecule has 0 aliphatic rings. The first-order chi connectivity index (χ1) is 19.5. The Morgan fingerprint density at radius 3 is 1.20 bits per heavy atom. The number of hydrogen-bond acceptors (Lipinski definition) is 6. The summed E-state index contributed by atoms with van der Waals surface area (Å²) in [5.74, 6) is -0.306. The Balaban J connectivity index is 0.000000184. The molecular formula is C32H20Cl2CuN4O2. The van der Waals surface area contributed by atoms with Gasteiger partial charge in [0, 0.05) is 10.8 Å². The molecule has 205 valence electrons. The molecule has 0 heterocycles. The maximum absolute atomic E-state index is 12.0. The maximum atomic E-state index is 12.0. The molecule has 0 unspecified atom stereocenters. The quantitative estimate of drug-likeness (QED) is 0.144. The van der Waals surface area contributed by atoms with Gasteiger partial charge in [-0.3, -0.25) is 0 Å². The standard InChI is InChI=1S/2C16H11ClN2O.Cu/c2*17-13-7-3-4-8-14(13)18-19-16-12-6-2-1-5-11(12)9-10-15(16)20;/h2*1-10,20H;/q;;+2/p-2. The summed E-state index contributed by atoms with van der Waals surface area (Å²) in [7, 11) is 0. The first-order valence-corrected chi connectivity index (χ1v) is 13.0. The van der Waals surface area contributed by atoms with Crippen LogP contribution in [0.2, 0.25) is 10.0 Å². The zero-order chi connectivity index (χ0) is 27.9. The van der Waals surface area contributed by atoms with E-state index in [1.54, 1.807) is 36.4 Å². The van der Waals surface area contributed by atoms with Crippen molar-refractivity contribution in [3.8, 4) is 11.5 Å². The molecule has 0 saturated carbocycles. The van der Waals surface area contributed by atoms with E-state index in [2.05, 4.69) is 20.5 Å². The average molecular weight is 627 g/mol. The minimum atomic E-state index is -0.153. The molecule has 0 aromatic heterocycles. The summed E-state index contributed by atoms with van der Waals surface area (Å²) in [5, 5.41) is 44.8. The van der Waals surface area contributed by atoms with Crippen LogP contribution in [-0.4, -0.2) is 0 Å². The van der Waals surface area contributed by atoms with Gasteiger partial charge in [-0.15, -0.1) is 10.2 Å². The van der Waals surface area contributed by atoms with E-state index in [1.807, 2.05) is 72.8 Å². The minimum absolute atomic E-state index is 0. The van der Waals surface area contributed by atoms with Gasteiger partial charge in [0.15, 0.2) is 0 Å². The van der Waals surface area contributed by atoms with E-state index < -0.39 is 0 Å². The zero-order valence-electron chi connectivity index (χ0n) is 21.2. The maximum Gasteiger partial charge on any atom is 2.00 e. The van der Waals surface area contributed by atoms with Crippen LogP contribution in [0, 0.1) is 0 Å². The molecule has 0 fully saturated rings. The van der Waals surface area contributed by atoms with Gasteiger partial charge in [-0.1, -0.05) is 132 Å². The Morgan fingerprint density at radius 1 is 0.415 bits per heavy atom. The van der Waals surface area contributed by atoms with Crippen LogP contribution in [0.1, 0.15) is 0 Å². The van der Waals surface area contributed by atoms with E-state index >= 15 is 0 Å². The summed E-state index contributed by atoms with van der Waals surface area (Å²) in [6, 6.07) is 36.0. The Morgan fingerprint density at radius 2 is 0.780 bits per heavy atom. The number of rotatable bonds is 4. The van der Waals surface area contributed by atoms with Gasteiger partial charge in [-0.2, -0.15) is 10.2 Å². The molecule has 0 aliphatic heterocycles. The van der Waals surface area contributed by atoms with Crippen molar-refractivity contribution in [3.63, 3.8) is 0 Å². The molecule has 0 atom stereocenters. The first-order valence-electron chi connectivity index (χ1n) is 12.2. The smallest absolute Gasteiger partial charge is 0.871 e. The molecule has 6 rings (SSSR count). The van der Waals surface area contributed by atoms with E-state index in [4.69, 9.17) is 23.2 Å². The van der Waals surface area contributed by atoms with Crippen molar-refractivity contribution in [2.45, 2.75) is 0 Å². The van der Waals surface area contributed by atoms with Crippen LogP contribution in [0.15, 0.2) is 142 Å². The third-order valence-electron chi connectivity index (χ3n) is 5.95. The monoisotopic (exact) mass is 625 g/mol. The normalized spacial score (nSPS) is 11.0. The van der Waals surface area contributed by atoms with Crippen LogP contribution in [0.5, 0.6) is 11.5 Å². The fraction of sp³-hybridized carbons (Fsp3) is 0. The predicted octanol–water partition coefficient (Wildman–Crippen LogP) is 9.96. The largest absolute Gasteiger partial charge is 2.00 e. The van der Waals surface area contributed by atoms with Gasteiger partial charge in [0.25, 0.3) is 0 Å². The second kappa shape index (κ2) is 13.9. The fourth-order valence-corrected chi connectivity index (χ4v) is 4.30. The predicted molar refractivity (Wildman–Crippen MR) is 158 cm³/mol. The van der Waals surface area contributed by atoms with Gasteiger partial charge >= 0.3 is 17.1 Å². The molecule has 9 heteroatoms. The molecule has 0 bridgehead atoms. The second-order valence-corrected chi connectivity index (χ2v) is 9.38. The van der Waals surface area contributed by atoms with Crippen LogP contribution in [0.3, 0.4) is 0 Å². The summed E-state index contributed by atoms with van der Waals surface area (Å²) < 4.78 is 0. The number of nitrogens with zero attached hydrogens (tertiary/aromatic N) is 4. The Bertz CT molecular complexity index is 1740. The second-order valence-electron chi connectivity index (χ2n) is 8.57. The number of benzene rings is 6. The van der Waals surface area contributed by atoms with Crippen molar-refractivity contribution in [1.82, 2.24) is 0 Å². The summed E-state index contributed by atoms with van der Waals surface area (Å²) in [6.07, 6.45) is 0. The summed E-state index contributed by atoms with van der Waals surface area (Å²) in [5.41, 5.74) is 1.76. The van der Waals surface area contributed by atoms with Crippen molar-refractivity contribution in [2.75, 3.05) is 0 Å². The molecule has 1 radical (unpaired) electrons. The molecule has 6 aromatic rings. The topological polar surface area (TPSA) is 95.6 Å². The van der Waals surface area contributed by atoms with Crippen LogP contribution < -0.4 is 10.2 Å². The van der Waals surface area contributed by atoms with Crippen molar-refractivity contribution in [2.24, 2.45) is 20.5 Å². The molecular weight excluding hydrogens is 607 g/mol. The molecule has 0 amide bonds. The molecule has 0 N–H and O–H groups in total. The molecule has 0 saturated heterocycles. The molecule has 6 nitrogen and oxygen atoms in total. The van der Waals surface area contributed by atoms with Gasteiger partial charge in [-0.05, 0) is 35.0 Å². The summed E-state index contributed by atoms with van der Waals surface area (Å²) >= 11 is 12.0. The fourth-order valence-electron chi connectivity index (χ4n) is 3.95. The third kappa shape index (κ3) is 7.09. The molecule has 0 aliphatic carbocycles. The van der Waals surface area contributed by atoms with Crippen molar-refractivity contribution in [1.29, 1.82) is 0 Å². The third-order valence-corrected chi connectivity index (χ3v) is 6.59. The van der Waals surface area contributed by atoms with E-state index in [0.717, 1.165) is 21.5 Å². The van der Waals surface area contributed by atoms with Gasteiger partial charge < -0.3 is 10.2 Å². The molecule has 0 spiro atoms. The average Bonchev–Trinajstić information content (AvgIpc) is 2.98. The van der Waals surface area contributed by atoms with Crippen LogP contribution in [0.25, 0.3) is 21.5 Å². The molecule has 41 heavy (non-hydrogen) atoms. The molecule has 6 aromatic carbocycles. The van der Waals surface area contributed by atoms with Crippen LogP contribution in [-0.2, 0) is 17.1 Å². The van der Waals surface area contributed by atoms with E-state index in [0.29, 0.717) is 32.8 Å². The Labute approximate surface area is 257 Å². The van der Waals surface area contributed by atoms with Crippen molar-refractivity contribution in [3.05, 3.63) is 131 Å². The van der Waals surface area contributed by atoms with Crippen molar-refractivity contribution < 1.29 is 27.3 Å². The number of halogens is 2. The van der Waals surface area contributed by atoms with Gasteiger partial charge in [0.2, 0.25) is 0 Å². The first kappa shape index (κ1) is 29.7. The number of hydrogen-bond donors (Lipinski definition) is 0. The van der Waals surface area contributed by atoms with Gasteiger partial charge in [0.05, 0.1) is 21.4 Å². The number of azo groups is 2. The van der Waals surface area contributed by atoms with E-state index in [9.17, 15) is 10.2 Å². The zero-order valence-corrected chi connectivity index (χ0v) is 23.7. The van der Waals surface area contributed by atoms with Crippen LogP contribution in [0.4, 0.5) is 22.7 Å². The van der Waals surface area contributed by atoms with Gasteiger partial charge in [-0.25, -0.2) is 0 Å². The van der Waals surface area contributed by atoms with Crippen LogP contribution >= 0.6 is 23.2 Å². The number of fused-ring (bicyclic) bond motifs is 2. The Kier molecular flexibility index (Phi) is 10.1. The van der Waals surface area contributed by atoms with E-state index in [-0.39, 0.29) is 28.6 Å². The SMILES string of the molecule is [Cu+2].[O-]c1ccc2ccccc2c1N=Nc1ccccc1Cl.[O-]c1ccc2ccccc2c1N=Nc1ccccc1Cl.